The second-order valence-corrected chi connectivity index (χ2v) is 9.56. The molecule has 1 amide bonds. The number of hydrogen-bond acceptors (Lipinski definition) is 5. The Hall–Kier alpha value is -2.58. The number of nitrogens with one attached hydrogen (secondary N) is 1. The highest BCUT2D eigenvalue weighted by Gasteiger charge is 2.29. The summed E-state index contributed by atoms with van der Waals surface area (Å²) in [6.45, 7) is 2.84. The van der Waals surface area contributed by atoms with Crippen molar-refractivity contribution < 1.29 is 22.7 Å². The molecule has 0 radical (unpaired) electrons. The molecule has 0 bridgehead atoms. The van der Waals surface area contributed by atoms with Gasteiger partial charge in [-0.05, 0) is 55.7 Å². The average Bonchev–Trinajstić information content (AvgIpc) is 3.09. The highest BCUT2D eigenvalue weighted by Crippen LogP contribution is 2.29. The van der Waals surface area contributed by atoms with E-state index in [4.69, 9.17) is 9.47 Å². The minimum Gasteiger partial charge on any atom is -0.497 e. The summed E-state index contributed by atoms with van der Waals surface area (Å²) >= 11 is 0. The number of amides is 1. The summed E-state index contributed by atoms with van der Waals surface area (Å²) in [5.74, 6) is 0.628. The molecule has 0 unspecified atom stereocenters. The molecule has 1 heterocycles. The molecular weight excluding hydrogens is 416 g/mol. The molecule has 0 spiro atoms. The fourth-order valence-electron chi connectivity index (χ4n) is 3.70. The first-order valence-electron chi connectivity index (χ1n) is 10.5. The van der Waals surface area contributed by atoms with Crippen LogP contribution in [0.1, 0.15) is 54.6 Å². The number of methoxy groups -OCH3 is 2. The van der Waals surface area contributed by atoms with E-state index in [2.05, 4.69) is 5.32 Å². The lowest BCUT2D eigenvalue weighted by Gasteiger charge is -2.22. The van der Waals surface area contributed by atoms with Crippen LogP contribution in [0.2, 0.25) is 0 Å². The van der Waals surface area contributed by atoms with Crippen LogP contribution in [0.4, 0.5) is 0 Å². The summed E-state index contributed by atoms with van der Waals surface area (Å²) in [4.78, 5) is 12.9. The Labute approximate surface area is 184 Å². The molecule has 1 saturated heterocycles. The minimum atomic E-state index is -3.76. The van der Waals surface area contributed by atoms with Crippen molar-refractivity contribution in [2.24, 2.45) is 0 Å². The van der Waals surface area contributed by atoms with Gasteiger partial charge in [0.25, 0.3) is 5.91 Å². The van der Waals surface area contributed by atoms with Gasteiger partial charge < -0.3 is 14.8 Å². The topological polar surface area (TPSA) is 84.9 Å². The van der Waals surface area contributed by atoms with E-state index in [1.165, 1.54) is 23.5 Å². The lowest BCUT2D eigenvalue weighted by Crippen LogP contribution is -2.32. The van der Waals surface area contributed by atoms with Gasteiger partial charge in [0.1, 0.15) is 16.4 Å². The average molecular weight is 447 g/mol. The lowest BCUT2D eigenvalue weighted by atomic mass is 10.1. The van der Waals surface area contributed by atoms with E-state index in [-0.39, 0.29) is 28.2 Å². The van der Waals surface area contributed by atoms with Crippen LogP contribution in [-0.2, 0) is 10.0 Å². The third-order valence-corrected chi connectivity index (χ3v) is 7.49. The number of ether oxygens (including phenoxy) is 2. The van der Waals surface area contributed by atoms with Gasteiger partial charge in [0.05, 0.1) is 20.3 Å². The molecule has 1 aliphatic rings. The lowest BCUT2D eigenvalue weighted by molar-refractivity contribution is 0.0939. The van der Waals surface area contributed by atoms with E-state index < -0.39 is 10.0 Å². The predicted octanol–water partition coefficient (Wildman–Crippen LogP) is 3.76. The molecule has 1 aliphatic heterocycles. The van der Waals surface area contributed by atoms with E-state index in [0.717, 1.165) is 37.0 Å². The SMILES string of the molecule is COc1ccc([C@@H](C)NC(=O)c2ccc(OC)c(S(=O)(=O)N3CCCCCC3)c2)cc1. The standard InChI is InChI=1S/C23H30N2O5S/c1-17(18-8-11-20(29-2)12-9-18)24-23(26)19-10-13-21(30-3)22(16-19)31(27,28)25-14-6-4-5-7-15-25/h8-13,16-17H,4-7,14-15H2,1-3H3,(H,24,26)/t17-/m1/s1. The molecule has 2 aromatic rings. The zero-order chi connectivity index (χ0) is 22.4. The summed E-state index contributed by atoms with van der Waals surface area (Å²) in [6, 6.07) is 11.7. The van der Waals surface area contributed by atoms with Crippen LogP contribution in [0, 0.1) is 0 Å². The maximum atomic E-state index is 13.3. The van der Waals surface area contributed by atoms with Gasteiger partial charge >= 0.3 is 0 Å². The van der Waals surface area contributed by atoms with Gasteiger partial charge in [-0.3, -0.25) is 4.79 Å². The van der Waals surface area contributed by atoms with Crippen LogP contribution in [0.3, 0.4) is 0 Å². The van der Waals surface area contributed by atoms with Crippen molar-refractivity contribution in [2.45, 2.75) is 43.5 Å². The van der Waals surface area contributed by atoms with Gasteiger partial charge in [-0.2, -0.15) is 4.31 Å². The Morgan fingerprint density at radius 3 is 2.19 bits per heavy atom. The third-order valence-electron chi connectivity index (χ3n) is 5.57. The van der Waals surface area contributed by atoms with Crippen LogP contribution in [0.25, 0.3) is 0 Å². The van der Waals surface area contributed by atoms with Crippen LogP contribution < -0.4 is 14.8 Å². The van der Waals surface area contributed by atoms with Gasteiger partial charge in [-0.15, -0.1) is 0 Å². The van der Waals surface area contributed by atoms with E-state index >= 15 is 0 Å². The van der Waals surface area contributed by atoms with Crippen molar-refractivity contribution >= 4 is 15.9 Å². The first-order valence-corrected chi connectivity index (χ1v) is 11.9. The summed E-state index contributed by atoms with van der Waals surface area (Å²) < 4.78 is 38.6. The highest BCUT2D eigenvalue weighted by atomic mass is 32.2. The number of sulfonamides is 1. The molecule has 1 N–H and O–H groups in total. The Morgan fingerprint density at radius 2 is 1.61 bits per heavy atom. The zero-order valence-electron chi connectivity index (χ0n) is 18.3. The minimum absolute atomic E-state index is 0.0293. The van der Waals surface area contributed by atoms with Gasteiger partial charge in [-0.1, -0.05) is 25.0 Å². The number of carbonyl (C=O) groups is 1. The van der Waals surface area contributed by atoms with E-state index in [1.54, 1.807) is 13.2 Å². The predicted molar refractivity (Wildman–Crippen MR) is 119 cm³/mol. The van der Waals surface area contributed by atoms with Gasteiger partial charge in [0.15, 0.2) is 0 Å². The molecule has 31 heavy (non-hydrogen) atoms. The molecule has 8 heteroatoms. The molecule has 1 atom stereocenters. The van der Waals surface area contributed by atoms with E-state index in [1.807, 2.05) is 31.2 Å². The molecule has 7 nitrogen and oxygen atoms in total. The first kappa shape index (κ1) is 23.1. The van der Waals surface area contributed by atoms with Crippen molar-refractivity contribution in [3.63, 3.8) is 0 Å². The van der Waals surface area contributed by atoms with Crippen molar-refractivity contribution in [1.29, 1.82) is 0 Å². The van der Waals surface area contributed by atoms with Crippen molar-refractivity contribution in [1.82, 2.24) is 9.62 Å². The molecule has 168 valence electrons. The van der Waals surface area contributed by atoms with Crippen LogP contribution >= 0.6 is 0 Å². The summed E-state index contributed by atoms with van der Waals surface area (Å²) in [6.07, 6.45) is 3.71. The Morgan fingerprint density at radius 1 is 0.968 bits per heavy atom. The maximum absolute atomic E-state index is 13.3. The van der Waals surface area contributed by atoms with E-state index in [0.29, 0.717) is 13.1 Å². The van der Waals surface area contributed by atoms with Crippen molar-refractivity contribution in [2.75, 3.05) is 27.3 Å². The van der Waals surface area contributed by atoms with Gasteiger partial charge in [0.2, 0.25) is 10.0 Å². The Kier molecular flexibility index (Phi) is 7.56. The summed E-state index contributed by atoms with van der Waals surface area (Å²) in [7, 11) is -0.727. The molecule has 2 aromatic carbocycles. The van der Waals surface area contributed by atoms with Crippen LogP contribution in [0.5, 0.6) is 11.5 Å². The second-order valence-electron chi connectivity index (χ2n) is 7.65. The zero-order valence-corrected chi connectivity index (χ0v) is 19.1. The van der Waals surface area contributed by atoms with Gasteiger partial charge in [0, 0.05) is 18.7 Å². The summed E-state index contributed by atoms with van der Waals surface area (Å²) in [5.41, 5.74) is 1.19. The monoisotopic (exact) mass is 446 g/mol. The number of nitrogens with zero attached hydrogens (tertiary/aromatic N) is 1. The normalized spacial score (nSPS) is 16.2. The molecule has 3 rings (SSSR count). The quantitative estimate of drug-likeness (QED) is 0.700. The molecular formula is C23H30N2O5S. The number of hydrogen-bond donors (Lipinski definition) is 1. The molecule has 0 aliphatic carbocycles. The highest BCUT2D eigenvalue weighted by molar-refractivity contribution is 7.89. The molecule has 1 fully saturated rings. The smallest absolute Gasteiger partial charge is 0.251 e. The van der Waals surface area contributed by atoms with Crippen molar-refractivity contribution in [3.8, 4) is 11.5 Å². The van der Waals surface area contributed by atoms with Crippen LogP contribution in [0.15, 0.2) is 47.4 Å². The Balaban J connectivity index is 1.84. The van der Waals surface area contributed by atoms with Gasteiger partial charge in [-0.25, -0.2) is 8.42 Å². The summed E-state index contributed by atoms with van der Waals surface area (Å²) in [5, 5.41) is 2.93. The fourth-order valence-corrected chi connectivity index (χ4v) is 5.40. The molecule has 0 aromatic heterocycles. The largest absolute Gasteiger partial charge is 0.497 e. The maximum Gasteiger partial charge on any atom is 0.251 e. The first-order chi connectivity index (χ1) is 14.9. The van der Waals surface area contributed by atoms with Crippen molar-refractivity contribution in [3.05, 3.63) is 53.6 Å². The fraction of sp³-hybridized carbons (Fsp3) is 0.435. The third kappa shape index (κ3) is 5.37. The number of benzene rings is 2. The second kappa shape index (κ2) is 10.2. The number of carbonyl (C=O) groups excluding carboxylic acids is 1. The van der Waals surface area contributed by atoms with E-state index in [9.17, 15) is 13.2 Å². The molecule has 0 saturated carbocycles. The Bertz CT molecular complexity index is 997. The number of rotatable bonds is 7. The van der Waals surface area contributed by atoms with Crippen LogP contribution in [-0.4, -0.2) is 45.9 Å².